The fraction of sp³-hybridized carbons (Fsp3) is 0.286. The molecule has 0 bridgehead atoms. The molecule has 0 unspecified atom stereocenters. The Morgan fingerprint density at radius 1 is 1.60 bits per heavy atom. The Morgan fingerprint density at radius 2 is 2.20 bits per heavy atom. The second kappa shape index (κ2) is 4.47. The molecule has 1 aromatic heterocycles. The van der Waals surface area contributed by atoms with Gasteiger partial charge in [0.2, 0.25) is 0 Å². The molecule has 8 heteroatoms. The lowest BCUT2D eigenvalue weighted by Gasteiger charge is -2.02. The third-order valence-electron chi connectivity index (χ3n) is 1.68. The van der Waals surface area contributed by atoms with E-state index in [9.17, 15) is 23.7 Å². The maximum atomic E-state index is 12.2. The molecule has 0 aliphatic carbocycles. The van der Waals surface area contributed by atoms with Crippen LogP contribution in [0.5, 0.6) is 0 Å². The third-order valence-corrected chi connectivity index (χ3v) is 2.24. The van der Waals surface area contributed by atoms with Gasteiger partial charge in [-0.25, -0.2) is 13.8 Å². The van der Waals surface area contributed by atoms with Gasteiger partial charge in [0.05, 0.1) is 0 Å². The first-order valence-corrected chi connectivity index (χ1v) is 4.84. The number of pyridine rings is 1. The smallest absolute Gasteiger partial charge is 0.329 e. The molecule has 1 aromatic rings. The summed E-state index contributed by atoms with van der Waals surface area (Å²) in [6.07, 6.45) is -2.94. The van der Waals surface area contributed by atoms with Crippen molar-refractivity contribution in [2.45, 2.75) is 11.8 Å². The Morgan fingerprint density at radius 3 is 2.60 bits per heavy atom. The average molecular weight is 283 g/mol. The van der Waals surface area contributed by atoms with Crippen molar-refractivity contribution in [1.29, 1.82) is 0 Å². The Bertz CT molecular complexity index is 446. The zero-order valence-corrected chi connectivity index (χ0v) is 8.75. The van der Waals surface area contributed by atoms with E-state index in [1.165, 1.54) is 0 Å². The first kappa shape index (κ1) is 11.8. The predicted octanol–water partition coefficient (Wildman–Crippen LogP) is 2.12. The monoisotopic (exact) mass is 282 g/mol. The van der Waals surface area contributed by atoms with E-state index in [0.29, 0.717) is 6.07 Å². The van der Waals surface area contributed by atoms with E-state index in [1.807, 2.05) is 4.98 Å². The number of nitrogens with one attached hydrogen (secondary N) is 1. The quantitative estimate of drug-likeness (QED) is 0.524. The summed E-state index contributed by atoms with van der Waals surface area (Å²) in [5, 5.41) is 10.4. The lowest BCUT2D eigenvalue weighted by atomic mass is 10.2. The largest absolute Gasteiger partial charge is 0.358 e. The van der Waals surface area contributed by atoms with Crippen LogP contribution in [0.2, 0.25) is 0 Å². The van der Waals surface area contributed by atoms with Crippen molar-refractivity contribution in [3.8, 4) is 0 Å². The summed E-state index contributed by atoms with van der Waals surface area (Å²) in [5.74, 6) is -0.699. The normalized spacial score (nSPS) is 10.7. The highest BCUT2D eigenvalue weighted by molar-refractivity contribution is 9.08. The van der Waals surface area contributed by atoms with E-state index >= 15 is 0 Å². The summed E-state index contributed by atoms with van der Waals surface area (Å²) in [5.41, 5.74) is -1.71. The van der Waals surface area contributed by atoms with Crippen LogP contribution in [0.25, 0.3) is 0 Å². The van der Waals surface area contributed by atoms with E-state index in [4.69, 9.17) is 0 Å². The molecule has 15 heavy (non-hydrogen) atoms. The van der Waals surface area contributed by atoms with Crippen molar-refractivity contribution < 1.29 is 13.7 Å². The van der Waals surface area contributed by atoms with Gasteiger partial charge < -0.3 is 10.1 Å². The zero-order valence-electron chi connectivity index (χ0n) is 7.17. The first-order valence-electron chi connectivity index (χ1n) is 3.72. The van der Waals surface area contributed by atoms with Crippen LogP contribution in [0.4, 0.5) is 14.6 Å². The van der Waals surface area contributed by atoms with Gasteiger partial charge in [0.25, 0.3) is 6.43 Å². The minimum absolute atomic E-state index is 0.0673. The van der Waals surface area contributed by atoms with Crippen LogP contribution in [-0.4, -0.2) is 9.91 Å². The molecule has 1 rings (SSSR count). The van der Waals surface area contributed by atoms with Crippen molar-refractivity contribution in [2.75, 3.05) is 0 Å². The van der Waals surface area contributed by atoms with Crippen molar-refractivity contribution in [1.82, 2.24) is 4.98 Å². The molecule has 0 atom stereocenters. The molecule has 0 spiro atoms. The van der Waals surface area contributed by atoms with Crippen molar-refractivity contribution in [2.24, 2.45) is 0 Å². The Labute approximate surface area is 90.4 Å². The van der Waals surface area contributed by atoms with Crippen LogP contribution >= 0.6 is 15.9 Å². The van der Waals surface area contributed by atoms with E-state index in [2.05, 4.69) is 15.9 Å². The molecule has 82 valence electrons. The summed E-state index contributed by atoms with van der Waals surface area (Å²) in [6.45, 7) is 0. The van der Waals surface area contributed by atoms with Crippen LogP contribution in [-0.2, 0) is 5.33 Å². The molecule has 0 aromatic carbocycles. The van der Waals surface area contributed by atoms with Gasteiger partial charge in [-0.05, 0) is 4.92 Å². The van der Waals surface area contributed by atoms with E-state index in [1.54, 1.807) is 0 Å². The van der Waals surface area contributed by atoms with Crippen LogP contribution < -0.4 is 5.43 Å². The number of aromatic amines is 1. The highest BCUT2D eigenvalue weighted by Crippen LogP contribution is 2.20. The highest BCUT2D eigenvalue weighted by Gasteiger charge is 2.21. The first-order chi connectivity index (χ1) is 6.97. The standard InChI is InChI=1S/C7H5BrF2N2O3/c8-2-3-5(13)1-4(6(9)10)11-7(3)12(14)15/h1,6H,2H2,(H,11,13). The van der Waals surface area contributed by atoms with Gasteiger partial charge >= 0.3 is 5.82 Å². The summed E-state index contributed by atoms with van der Waals surface area (Å²) in [6, 6.07) is 0.661. The zero-order chi connectivity index (χ0) is 11.6. The van der Waals surface area contributed by atoms with Crippen LogP contribution in [0.3, 0.4) is 0 Å². The third kappa shape index (κ3) is 2.38. The molecule has 0 amide bonds. The molecule has 0 saturated carbocycles. The van der Waals surface area contributed by atoms with Gasteiger partial charge in [-0.3, -0.25) is 4.79 Å². The number of alkyl halides is 3. The van der Waals surface area contributed by atoms with Crippen molar-refractivity contribution in [3.05, 3.63) is 37.7 Å². The number of rotatable bonds is 3. The molecular formula is C7H5BrF2N2O3. The van der Waals surface area contributed by atoms with Crippen molar-refractivity contribution in [3.63, 3.8) is 0 Å². The summed E-state index contributed by atoms with van der Waals surface area (Å²) < 4.78 is 24.4. The van der Waals surface area contributed by atoms with E-state index in [0.717, 1.165) is 0 Å². The minimum atomic E-state index is -2.94. The maximum absolute atomic E-state index is 12.2. The second-order valence-corrected chi connectivity index (χ2v) is 3.17. The highest BCUT2D eigenvalue weighted by atomic mass is 79.9. The SMILES string of the molecule is O=c1cc(C(F)F)[nH]c([N+](=O)[O-])c1CBr. The molecular weight excluding hydrogens is 278 g/mol. The maximum Gasteiger partial charge on any atom is 0.329 e. The summed E-state index contributed by atoms with van der Waals surface area (Å²) >= 11 is 2.88. The number of nitrogens with zero attached hydrogens (tertiary/aromatic N) is 1. The molecule has 0 aliphatic rings. The molecule has 0 fully saturated rings. The van der Waals surface area contributed by atoms with Gasteiger partial charge in [0.15, 0.2) is 11.1 Å². The Balaban J connectivity index is 3.46. The van der Waals surface area contributed by atoms with Gasteiger partial charge in [0, 0.05) is 11.4 Å². The molecule has 1 heterocycles. The number of H-pyrrole nitrogens is 1. The number of hydrogen-bond acceptors (Lipinski definition) is 3. The number of hydrogen-bond donors (Lipinski definition) is 1. The molecule has 5 nitrogen and oxygen atoms in total. The number of nitro groups is 1. The number of aromatic nitrogens is 1. The average Bonchev–Trinajstić information content (AvgIpc) is 2.16. The van der Waals surface area contributed by atoms with Gasteiger partial charge in [0.1, 0.15) is 5.56 Å². The molecule has 0 saturated heterocycles. The Hall–Kier alpha value is -1.31. The van der Waals surface area contributed by atoms with Crippen LogP contribution in [0, 0.1) is 10.1 Å². The topological polar surface area (TPSA) is 76.0 Å². The Kier molecular flexibility index (Phi) is 3.51. The summed E-state index contributed by atoms with van der Waals surface area (Å²) in [7, 11) is 0. The fourth-order valence-corrected chi connectivity index (χ4v) is 1.54. The second-order valence-electron chi connectivity index (χ2n) is 2.61. The lowest BCUT2D eigenvalue weighted by molar-refractivity contribution is -0.390. The van der Waals surface area contributed by atoms with Crippen molar-refractivity contribution >= 4 is 21.7 Å². The van der Waals surface area contributed by atoms with E-state index < -0.39 is 28.3 Å². The molecule has 1 N–H and O–H groups in total. The van der Waals surface area contributed by atoms with E-state index in [-0.39, 0.29) is 10.9 Å². The number of halogens is 3. The predicted molar refractivity (Wildman–Crippen MR) is 51.3 cm³/mol. The minimum Gasteiger partial charge on any atom is -0.358 e. The van der Waals surface area contributed by atoms with Crippen LogP contribution in [0.1, 0.15) is 17.7 Å². The lowest BCUT2D eigenvalue weighted by Crippen LogP contribution is -2.13. The molecule has 0 radical (unpaired) electrons. The fourth-order valence-electron chi connectivity index (χ4n) is 0.996. The van der Waals surface area contributed by atoms with Gasteiger partial charge in [-0.1, -0.05) is 15.9 Å². The van der Waals surface area contributed by atoms with Gasteiger partial charge in [-0.15, -0.1) is 0 Å². The van der Waals surface area contributed by atoms with Crippen LogP contribution in [0.15, 0.2) is 10.9 Å². The molecule has 0 aliphatic heterocycles. The summed E-state index contributed by atoms with van der Waals surface area (Å²) in [4.78, 5) is 22.7. The van der Waals surface area contributed by atoms with Gasteiger partial charge in [-0.2, -0.15) is 0 Å².